The van der Waals surface area contributed by atoms with Crippen LogP contribution < -0.4 is 0 Å². The number of carbonyl (C=O) groups excluding carboxylic acids is 1. The summed E-state index contributed by atoms with van der Waals surface area (Å²) in [7, 11) is 0. The zero-order valence-corrected chi connectivity index (χ0v) is 5.15. The maximum atomic E-state index is 10.9. The lowest BCUT2D eigenvalue weighted by Crippen LogP contribution is -2.21. The van der Waals surface area contributed by atoms with Crippen LogP contribution in [0.1, 0.15) is 0 Å². The fourth-order valence-electron chi connectivity index (χ4n) is 0.969. The molecule has 2 rings (SSSR count). The van der Waals surface area contributed by atoms with Crippen LogP contribution in [-0.4, -0.2) is 18.1 Å². The lowest BCUT2D eigenvalue weighted by Gasteiger charge is -2.07. The molecule has 1 heterocycles. The SMILES string of the molecule is O=C1C=CC=C2C=NOC12. The first-order valence-electron chi connectivity index (χ1n) is 2.99. The van der Waals surface area contributed by atoms with Crippen molar-refractivity contribution in [1.29, 1.82) is 0 Å². The summed E-state index contributed by atoms with van der Waals surface area (Å²) in [5, 5.41) is 3.52. The summed E-state index contributed by atoms with van der Waals surface area (Å²) in [6.45, 7) is 0. The Hall–Kier alpha value is -1.38. The molecule has 3 heteroatoms. The minimum absolute atomic E-state index is 0.0324. The molecule has 0 aromatic heterocycles. The van der Waals surface area contributed by atoms with Gasteiger partial charge in [0.2, 0.25) is 11.9 Å². The number of allylic oxidation sites excluding steroid dienone is 2. The lowest BCUT2D eigenvalue weighted by atomic mass is 10.0. The van der Waals surface area contributed by atoms with Crippen molar-refractivity contribution in [2.45, 2.75) is 6.10 Å². The van der Waals surface area contributed by atoms with Crippen molar-refractivity contribution in [3.63, 3.8) is 0 Å². The monoisotopic (exact) mass is 135 g/mol. The van der Waals surface area contributed by atoms with E-state index >= 15 is 0 Å². The molecule has 0 fully saturated rings. The molecule has 0 radical (unpaired) electrons. The van der Waals surface area contributed by atoms with Crippen LogP contribution >= 0.6 is 0 Å². The molecule has 0 N–H and O–H groups in total. The summed E-state index contributed by atoms with van der Waals surface area (Å²) in [4.78, 5) is 15.7. The van der Waals surface area contributed by atoms with Gasteiger partial charge in [-0.1, -0.05) is 17.3 Å². The third-order valence-corrected chi connectivity index (χ3v) is 1.48. The molecule has 50 valence electrons. The number of hydrogen-bond acceptors (Lipinski definition) is 3. The average molecular weight is 135 g/mol. The average Bonchev–Trinajstić information content (AvgIpc) is 2.36. The highest BCUT2D eigenvalue weighted by atomic mass is 16.6. The summed E-state index contributed by atoms with van der Waals surface area (Å²) in [5.74, 6) is -0.0324. The second-order valence-corrected chi connectivity index (χ2v) is 2.15. The number of fused-ring (bicyclic) bond motifs is 1. The van der Waals surface area contributed by atoms with E-state index in [-0.39, 0.29) is 5.78 Å². The van der Waals surface area contributed by atoms with Gasteiger partial charge in [-0.2, -0.15) is 0 Å². The molecule has 10 heavy (non-hydrogen) atoms. The van der Waals surface area contributed by atoms with Gasteiger partial charge in [0.15, 0.2) is 0 Å². The summed E-state index contributed by atoms with van der Waals surface area (Å²) in [6, 6.07) is 0. The molecule has 0 aromatic carbocycles. The van der Waals surface area contributed by atoms with E-state index in [1.54, 1.807) is 12.3 Å². The summed E-state index contributed by atoms with van der Waals surface area (Å²) >= 11 is 0. The van der Waals surface area contributed by atoms with E-state index in [4.69, 9.17) is 4.84 Å². The molecule has 1 aliphatic heterocycles. The zero-order chi connectivity index (χ0) is 6.97. The Kier molecular flexibility index (Phi) is 0.974. The smallest absolute Gasteiger partial charge is 0.215 e. The normalized spacial score (nSPS) is 27.8. The maximum absolute atomic E-state index is 10.9. The minimum Gasteiger partial charge on any atom is -0.379 e. The molecule has 0 saturated carbocycles. The molecule has 0 aromatic rings. The number of hydrogen-bond donors (Lipinski definition) is 0. The van der Waals surface area contributed by atoms with Crippen molar-refractivity contribution < 1.29 is 9.63 Å². The highest BCUT2D eigenvalue weighted by Crippen LogP contribution is 2.16. The standard InChI is InChI=1S/C7H5NO2/c9-6-3-1-2-5-4-8-10-7(5)6/h1-4,7H. The summed E-state index contributed by atoms with van der Waals surface area (Å²) in [6.07, 6.45) is 6.12. The highest BCUT2D eigenvalue weighted by molar-refractivity contribution is 6.04. The number of rotatable bonds is 0. The Morgan fingerprint density at radius 2 is 2.50 bits per heavy atom. The van der Waals surface area contributed by atoms with Gasteiger partial charge in [0.05, 0.1) is 6.21 Å². The van der Waals surface area contributed by atoms with Crippen molar-refractivity contribution in [3.05, 3.63) is 23.8 Å². The second-order valence-electron chi connectivity index (χ2n) is 2.15. The van der Waals surface area contributed by atoms with E-state index < -0.39 is 6.10 Å². The molecule has 0 saturated heterocycles. The molecule has 1 aliphatic carbocycles. The Balaban J connectivity index is 2.40. The molecule has 0 bridgehead atoms. The number of nitrogens with zero attached hydrogens (tertiary/aromatic N) is 1. The maximum Gasteiger partial charge on any atom is 0.215 e. The van der Waals surface area contributed by atoms with Crippen LogP contribution in [0.25, 0.3) is 0 Å². The van der Waals surface area contributed by atoms with Crippen LogP contribution in [0.3, 0.4) is 0 Å². The Labute approximate surface area is 57.7 Å². The highest BCUT2D eigenvalue weighted by Gasteiger charge is 2.27. The zero-order valence-electron chi connectivity index (χ0n) is 5.15. The van der Waals surface area contributed by atoms with Crippen molar-refractivity contribution >= 4 is 12.0 Å². The molecule has 1 unspecified atom stereocenters. The van der Waals surface area contributed by atoms with Gasteiger partial charge in [0.1, 0.15) is 0 Å². The third-order valence-electron chi connectivity index (χ3n) is 1.48. The van der Waals surface area contributed by atoms with Crippen LogP contribution in [0, 0.1) is 0 Å². The van der Waals surface area contributed by atoms with E-state index in [0.717, 1.165) is 5.57 Å². The molecule has 1 atom stereocenters. The van der Waals surface area contributed by atoms with Crippen LogP contribution in [0.2, 0.25) is 0 Å². The molecular formula is C7H5NO2. The van der Waals surface area contributed by atoms with E-state index in [1.165, 1.54) is 6.08 Å². The van der Waals surface area contributed by atoms with Crippen LogP contribution in [-0.2, 0) is 9.63 Å². The van der Waals surface area contributed by atoms with Crippen LogP contribution in [0.5, 0.6) is 0 Å². The predicted molar refractivity (Wildman–Crippen MR) is 35.6 cm³/mol. The van der Waals surface area contributed by atoms with Crippen molar-refractivity contribution in [1.82, 2.24) is 0 Å². The minimum atomic E-state index is -0.454. The first-order valence-corrected chi connectivity index (χ1v) is 2.99. The largest absolute Gasteiger partial charge is 0.379 e. The van der Waals surface area contributed by atoms with Crippen molar-refractivity contribution in [2.75, 3.05) is 0 Å². The Morgan fingerprint density at radius 1 is 1.60 bits per heavy atom. The molecule has 0 spiro atoms. The first kappa shape index (κ1) is 5.41. The van der Waals surface area contributed by atoms with Crippen LogP contribution in [0.15, 0.2) is 29.0 Å². The topological polar surface area (TPSA) is 38.7 Å². The fraction of sp³-hybridized carbons (Fsp3) is 0.143. The van der Waals surface area contributed by atoms with Gasteiger partial charge in [-0.3, -0.25) is 4.79 Å². The van der Waals surface area contributed by atoms with Gasteiger partial charge in [-0.15, -0.1) is 0 Å². The first-order chi connectivity index (χ1) is 4.88. The lowest BCUT2D eigenvalue weighted by molar-refractivity contribution is -0.122. The van der Waals surface area contributed by atoms with Crippen molar-refractivity contribution in [3.8, 4) is 0 Å². The van der Waals surface area contributed by atoms with Gasteiger partial charge in [-0.25, -0.2) is 0 Å². The van der Waals surface area contributed by atoms with Gasteiger partial charge < -0.3 is 4.84 Å². The Bertz CT molecular complexity index is 263. The second kappa shape index (κ2) is 1.80. The van der Waals surface area contributed by atoms with E-state index in [9.17, 15) is 4.79 Å². The third kappa shape index (κ3) is 0.603. The van der Waals surface area contributed by atoms with Gasteiger partial charge in [0.25, 0.3) is 0 Å². The number of oxime groups is 1. The predicted octanol–water partition coefficient (Wildman–Crippen LogP) is 0.436. The summed E-state index contributed by atoms with van der Waals surface area (Å²) < 4.78 is 0. The van der Waals surface area contributed by atoms with Gasteiger partial charge >= 0.3 is 0 Å². The summed E-state index contributed by atoms with van der Waals surface area (Å²) in [5.41, 5.74) is 0.840. The van der Waals surface area contributed by atoms with Crippen LogP contribution in [0.4, 0.5) is 0 Å². The van der Waals surface area contributed by atoms with Gasteiger partial charge in [-0.05, 0) is 6.08 Å². The number of ketones is 1. The quantitative estimate of drug-likeness (QED) is 0.483. The Morgan fingerprint density at radius 3 is 3.30 bits per heavy atom. The van der Waals surface area contributed by atoms with Gasteiger partial charge in [0, 0.05) is 5.57 Å². The molecule has 3 nitrogen and oxygen atoms in total. The van der Waals surface area contributed by atoms with E-state index in [1.807, 2.05) is 6.08 Å². The number of carbonyl (C=O) groups is 1. The molecular weight excluding hydrogens is 130 g/mol. The van der Waals surface area contributed by atoms with E-state index in [0.29, 0.717) is 0 Å². The molecule has 2 aliphatic rings. The molecule has 0 amide bonds. The fourth-order valence-corrected chi connectivity index (χ4v) is 0.969. The van der Waals surface area contributed by atoms with Crippen molar-refractivity contribution in [2.24, 2.45) is 5.16 Å². The van der Waals surface area contributed by atoms with E-state index in [2.05, 4.69) is 5.16 Å².